The van der Waals surface area contributed by atoms with Crippen molar-refractivity contribution < 1.29 is 4.79 Å². The molecule has 2 atom stereocenters. The minimum atomic E-state index is -0.108. The van der Waals surface area contributed by atoms with Crippen molar-refractivity contribution in [3.05, 3.63) is 11.9 Å². The first-order valence-electron chi connectivity index (χ1n) is 7.58. The average molecular weight is 277 g/mol. The summed E-state index contributed by atoms with van der Waals surface area (Å²) in [6.45, 7) is 3.19. The first-order chi connectivity index (χ1) is 9.65. The number of likely N-dealkylation sites (N-methyl/N-ethyl adjacent to an activating group) is 1. The van der Waals surface area contributed by atoms with Gasteiger partial charge in [-0.3, -0.25) is 4.79 Å². The maximum atomic E-state index is 12.2. The van der Waals surface area contributed by atoms with E-state index in [9.17, 15) is 4.79 Å². The predicted octanol–water partition coefficient (Wildman–Crippen LogP) is 1.22. The molecule has 1 aliphatic heterocycles. The van der Waals surface area contributed by atoms with Crippen LogP contribution in [0.1, 0.15) is 55.6 Å². The van der Waals surface area contributed by atoms with Gasteiger partial charge in [0.2, 0.25) is 0 Å². The molecule has 2 aliphatic rings. The van der Waals surface area contributed by atoms with E-state index in [1.165, 1.54) is 12.8 Å². The number of likely N-dealkylation sites (tertiary alicyclic amines) is 1. The van der Waals surface area contributed by atoms with Gasteiger partial charge in [-0.05, 0) is 46.2 Å². The maximum Gasteiger partial charge on any atom is 0.273 e. The third-order valence-corrected chi connectivity index (χ3v) is 4.43. The molecule has 1 aliphatic carbocycles. The molecule has 1 amide bonds. The van der Waals surface area contributed by atoms with Crippen LogP contribution in [0, 0.1) is 0 Å². The molecule has 1 N–H and O–H groups in total. The molecule has 20 heavy (non-hydrogen) atoms. The SMILES string of the molecule is CC(NC(=O)c1cn(C2CC2)nn1)C1CCCCN1C. The Kier molecular flexibility index (Phi) is 3.74. The van der Waals surface area contributed by atoms with Crippen LogP contribution < -0.4 is 5.32 Å². The van der Waals surface area contributed by atoms with E-state index in [4.69, 9.17) is 0 Å². The average Bonchev–Trinajstić information content (AvgIpc) is 3.16. The lowest BCUT2D eigenvalue weighted by Gasteiger charge is -2.36. The molecule has 1 aromatic heterocycles. The van der Waals surface area contributed by atoms with E-state index < -0.39 is 0 Å². The molecule has 1 aromatic rings. The molecule has 2 unspecified atom stereocenters. The predicted molar refractivity (Wildman–Crippen MR) is 75.5 cm³/mol. The highest BCUT2D eigenvalue weighted by atomic mass is 16.2. The van der Waals surface area contributed by atoms with Crippen LogP contribution >= 0.6 is 0 Å². The molecule has 0 radical (unpaired) electrons. The van der Waals surface area contributed by atoms with Crippen LogP contribution in [0.3, 0.4) is 0 Å². The number of rotatable bonds is 4. The summed E-state index contributed by atoms with van der Waals surface area (Å²) < 4.78 is 1.81. The Morgan fingerprint density at radius 1 is 1.40 bits per heavy atom. The second-order valence-corrected chi connectivity index (χ2v) is 6.12. The topological polar surface area (TPSA) is 63.1 Å². The smallest absolute Gasteiger partial charge is 0.273 e. The Bertz CT molecular complexity index is 482. The summed E-state index contributed by atoms with van der Waals surface area (Å²) >= 11 is 0. The van der Waals surface area contributed by atoms with Crippen LogP contribution in [-0.2, 0) is 0 Å². The van der Waals surface area contributed by atoms with Crippen molar-refractivity contribution in [3.8, 4) is 0 Å². The molecule has 3 rings (SSSR count). The Balaban J connectivity index is 1.59. The van der Waals surface area contributed by atoms with E-state index in [0.29, 0.717) is 17.8 Å². The van der Waals surface area contributed by atoms with Crippen LogP contribution in [0.2, 0.25) is 0 Å². The molecule has 6 nitrogen and oxygen atoms in total. The largest absolute Gasteiger partial charge is 0.347 e. The summed E-state index contributed by atoms with van der Waals surface area (Å²) in [5.74, 6) is -0.108. The monoisotopic (exact) mass is 277 g/mol. The van der Waals surface area contributed by atoms with Crippen molar-refractivity contribution in [1.82, 2.24) is 25.2 Å². The summed E-state index contributed by atoms with van der Waals surface area (Å²) in [7, 11) is 2.13. The molecule has 0 spiro atoms. The van der Waals surface area contributed by atoms with E-state index in [1.54, 1.807) is 6.20 Å². The highest BCUT2D eigenvalue weighted by Gasteiger charge is 2.28. The van der Waals surface area contributed by atoms with Gasteiger partial charge in [-0.1, -0.05) is 11.6 Å². The van der Waals surface area contributed by atoms with Gasteiger partial charge in [-0.15, -0.1) is 5.10 Å². The third kappa shape index (κ3) is 2.85. The minimum Gasteiger partial charge on any atom is -0.347 e. The van der Waals surface area contributed by atoms with Gasteiger partial charge in [0.1, 0.15) is 0 Å². The van der Waals surface area contributed by atoms with Gasteiger partial charge >= 0.3 is 0 Å². The highest BCUT2D eigenvalue weighted by molar-refractivity contribution is 5.92. The zero-order valence-corrected chi connectivity index (χ0v) is 12.2. The zero-order chi connectivity index (χ0) is 14.1. The molecular formula is C14H23N5O. The number of aromatic nitrogens is 3. The molecule has 2 heterocycles. The molecule has 0 aromatic carbocycles. The van der Waals surface area contributed by atoms with Gasteiger partial charge in [-0.2, -0.15) is 0 Å². The minimum absolute atomic E-state index is 0.108. The second-order valence-electron chi connectivity index (χ2n) is 6.12. The van der Waals surface area contributed by atoms with Crippen LogP contribution in [0.25, 0.3) is 0 Å². The normalized spacial score (nSPS) is 25.4. The first-order valence-corrected chi connectivity index (χ1v) is 7.58. The van der Waals surface area contributed by atoms with Crippen molar-refractivity contribution in [2.45, 2.75) is 57.2 Å². The molecule has 110 valence electrons. The quantitative estimate of drug-likeness (QED) is 0.898. The van der Waals surface area contributed by atoms with Crippen molar-refractivity contribution in [3.63, 3.8) is 0 Å². The molecule has 6 heteroatoms. The van der Waals surface area contributed by atoms with Crippen LogP contribution in [0.5, 0.6) is 0 Å². The number of hydrogen-bond acceptors (Lipinski definition) is 4. The maximum absolute atomic E-state index is 12.2. The zero-order valence-electron chi connectivity index (χ0n) is 12.2. The number of carbonyl (C=O) groups excluding carboxylic acids is 1. The fourth-order valence-electron chi connectivity index (χ4n) is 3.01. The molecule has 1 saturated carbocycles. The Morgan fingerprint density at radius 2 is 2.20 bits per heavy atom. The van der Waals surface area contributed by atoms with E-state index in [2.05, 4.69) is 34.5 Å². The van der Waals surface area contributed by atoms with Gasteiger partial charge in [0.05, 0.1) is 12.2 Å². The summed E-state index contributed by atoms with van der Waals surface area (Å²) in [6, 6.07) is 1.02. The fourth-order valence-corrected chi connectivity index (χ4v) is 3.01. The number of hydrogen-bond donors (Lipinski definition) is 1. The summed E-state index contributed by atoms with van der Waals surface area (Å²) in [4.78, 5) is 14.6. The standard InChI is InChI=1S/C14H23N5O/c1-10(13-5-3-4-8-18(13)2)15-14(20)12-9-19(17-16-12)11-6-7-11/h9-11,13H,3-8H2,1-2H3,(H,15,20). The van der Waals surface area contributed by atoms with Crippen molar-refractivity contribution in [1.29, 1.82) is 0 Å². The summed E-state index contributed by atoms with van der Waals surface area (Å²) in [6.07, 6.45) is 7.70. The van der Waals surface area contributed by atoms with Crippen LogP contribution in [0.4, 0.5) is 0 Å². The summed E-state index contributed by atoms with van der Waals surface area (Å²) in [5.41, 5.74) is 0.433. The molecule has 0 bridgehead atoms. The Hall–Kier alpha value is -1.43. The fraction of sp³-hybridized carbons (Fsp3) is 0.786. The van der Waals surface area contributed by atoms with Crippen molar-refractivity contribution >= 4 is 5.91 Å². The number of amides is 1. The van der Waals surface area contributed by atoms with Gasteiger partial charge < -0.3 is 10.2 Å². The lowest BCUT2D eigenvalue weighted by atomic mass is 9.97. The molecule has 2 fully saturated rings. The van der Waals surface area contributed by atoms with E-state index in [-0.39, 0.29) is 11.9 Å². The first kappa shape index (κ1) is 13.5. The van der Waals surface area contributed by atoms with Gasteiger partial charge in [0, 0.05) is 12.1 Å². The summed E-state index contributed by atoms with van der Waals surface area (Å²) in [5, 5.41) is 11.1. The van der Waals surface area contributed by atoms with Gasteiger partial charge in [0.15, 0.2) is 5.69 Å². The van der Waals surface area contributed by atoms with Crippen LogP contribution in [-0.4, -0.2) is 51.5 Å². The lowest BCUT2D eigenvalue weighted by molar-refractivity contribution is 0.0879. The third-order valence-electron chi connectivity index (χ3n) is 4.43. The van der Waals surface area contributed by atoms with Crippen LogP contribution in [0.15, 0.2) is 6.20 Å². The van der Waals surface area contributed by atoms with Gasteiger partial charge in [-0.25, -0.2) is 4.68 Å². The van der Waals surface area contributed by atoms with E-state index in [1.807, 2.05) is 4.68 Å². The van der Waals surface area contributed by atoms with Crippen molar-refractivity contribution in [2.24, 2.45) is 0 Å². The second kappa shape index (κ2) is 5.52. The number of nitrogens with one attached hydrogen (secondary N) is 1. The lowest BCUT2D eigenvalue weighted by Crippen LogP contribution is -2.50. The van der Waals surface area contributed by atoms with E-state index in [0.717, 1.165) is 25.8 Å². The van der Waals surface area contributed by atoms with E-state index >= 15 is 0 Å². The number of piperidine rings is 1. The highest BCUT2D eigenvalue weighted by Crippen LogP contribution is 2.33. The number of carbonyl (C=O) groups is 1. The van der Waals surface area contributed by atoms with Gasteiger partial charge in [0.25, 0.3) is 5.91 Å². The Morgan fingerprint density at radius 3 is 2.90 bits per heavy atom. The van der Waals surface area contributed by atoms with Crippen molar-refractivity contribution in [2.75, 3.05) is 13.6 Å². The Labute approximate surface area is 119 Å². The molecule has 1 saturated heterocycles. The molecular weight excluding hydrogens is 254 g/mol. The number of nitrogens with zero attached hydrogens (tertiary/aromatic N) is 4.